The zero-order valence-corrected chi connectivity index (χ0v) is 20.9. The van der Waals surface area contributed by atoms with Gasteiger partial charge in [-0.25, -0.2) is 8.42 Å². The van der Waals surface area contributed by atoms with Gasteiger partial charge in [0, 0.05) is 52.9 Å². The van der Waals surface area contributed by atoms with Crippen LogP contribution < -0.4 is 10.2 Å². The Kier molecular flexibility index (Phi) is 7.37. The third-order valence-corrected chi connectivity index (χ3v) is 9.34. The number of carbonyl (C=O) groups excluding carboxylic acids is 2. The Morgan fingerprint density at radius 1 is 0.912 bits per heavy atom. The molecule has 34 heavy (non-hydrogen) atoms. The molecule has 4 rings (SSSR count). The van der Waals surface area contributed by atoms with Gasteiger partial charge >= 0.3 is 0 Å². The van der Waals surface area contributed by atoms with Crippen LogP contribution in [0.3, 0.4) is 0 Å². The summed E-state index contributed by atoms with van der Waals surface area (Å²) in [6, 6.07) is 17.3. The maximum atomic E-state index is 13.1. The molecule has 1 aliphatic rings. The van der Waals surface area contributed by atoms with E-state index in [2.05, 4.69) is 10.2 Å². The topological polar surface area (TPSA) is 86.8 Å². The van der Waals surface area contributed by atoms with Crippen molar-refractivity contribution in [1.82, 2.24) is 9.62 Å². The molecule has 1 fully saturated rings. The summed E-state index contributed by atoms with van der Waals surface area (Å²) in [6.45, 7) is 3.64. The van der Waals surface area contributed by atoms with E-state index in [0.29, 0.717) is 42.3 Å². The molecule has 0 saturated carbocycles. The highest BCUT2D eigenvalue weighted by Gasteiger charge is 2.30. The molecular formula is C24H24ClN3O4S2. The fourth-order valence-electron chi connectivity index (χ4n) is 3.68. The Morgan fingerprint density at radius 2 is 1.53 bits per heavy atom. The molecule has 178 valence electrons. The van der Waals surface area contributed by atoms with E-state index in [-0.39, 0.29) is 22.4 Å². The molecule has 7 nitrogen and oxygen atoms in total. The molecule has 1 aromatic heterocycles. The van der Waals surface area contributed by atoms with Crippen LogP contribution in [0.1, 0.15) is 32.5 Å². The number of piperazine rings is 1. The lowest BCUT2D eigenvalue weighted by atomic mass is 10.1. The number of rotatable bonds is 7. The van der Waals surface area contributed by atoms with Gasteiger partial charge in [-0.05, 0) is 67.6 Å². The van der Waals surface area contributed by atoms with Crippen LogP contribution in [0.5, 0.6) is 0 Å². The van der Waals surface area contributed by atoms with Gasteiger partial charge in [0.2, 0.25) is 0 Å². The highest BCUT2D eigenvalue weighted by Crippen LogP contribution is 2.27. The second kappa shape index (κ2) is 10.3. The summed E-state index contributed by atoms with van der Waals surface area (Å²) in [6.07, 6.45) is 0. The molecule has 3 aromatic rings. The van der Waals surface area contributed by atoms with Gasteiger partial charge in [0.1, 0.15) is 4.21 Å². The average molecular weight is 518 g/mol. The number of thiophene rings is 1. The standard InChI is InChI=1S/C24H24ClN3O4S2/c1-17(29)18-4-8-21(9-5-18)27-12-14-28(15-13-27)34(31,32)23-11-10-22(33-23)16-26-24(30)19-2-6-20(25)7-3-19/h2-11H,12-16H2,1H3,(H,26,30). The number of ketones is 1. The summed E-state index contributed by atoms with van der Waals surface area (Å²) in [4.78, 5) is 26.6. The molecule has 1 aliphatic heterocycles. The lowest BCUT2D eigenvalue weighted by Crippen LogP contribution is -2.48. The Hall–Kier alpha value is -2.72. The minimum absolute atomic E-state index is 0.0160. The number of hydrogen-bond donors (Lipinski definition) is 1. The molecular weight excluding hydrogens is 494 g/mol. The van der Waals surface area contributed by atoms with Gasteiger partial charge < -0.3 is 10.2 Å². The van der Waals surface area contributed by atoms with Crippen molar-refractivity contribution < 1.29 is 18.0 Å². The summed E-state index contributed by atoms with van der Waals surface area (Å²) in [5.74, 6) is -0.232. The first-order valence-corrected chi connectivity index (χ1v) is 13.4. The van der Waals surface area contributed by atoms with Crippen molar-refractivity contribution in [2.75, 3.05) is 31.1 Å². The molecule has 0 atom stereocenters. The van der Waals surface area contributed by atoms with Gasteiger partial charge in [-0.1, -0.05) is 11.6 Å². The van der Waals surface area contributed by atoms with E-state index in [9.17, 15) is 18.0 Å². The predicted octanol–water partition coefficient (Wildman–Crippen LogP) is 4.05. The first kappa shape index (κ1) is 24.4. The first-order chi connectivity index (χ1) is 16.2. The Labute approximate surface area is 208 Å². The predicted molar refractivity (Wildman–Crippen MR) is 134 cm³/mol. The van der Waals surface area contributed by atoms with Gasteiger partial charge in [0.25, 0.3) is 15.9 Å². The second-order valence-corrected chi connectivity index (χ2v) is 11.7. The van der Waals surface area contributed by atoms with Crippen molar-refractivity contribution >= 4 is 50.3 Å². The summed E-state index contributed by atoms with van der Waals surface area (Å²) >= 11 is 7.01. The van der Waals surface area contributed by atoms with Gasteiger partial charge in [-0.2, -0.15) is 4.31 Å². The Balaban J connectivity index is 1.34. The number of amides is 1. The van der Waals surface area contributed by atoms with Crippen molar-refractivity contribution in [2.45, 2.75) is 17.7 Å². The number of anilines is 1. The summed E-state index contributed by atoms with van der Waals surface area (Å²) in [5.41, 5.74) is 2.11. The third kappa shape index (κ3) is 5.50. The molecule has 0 bridgehead atoms. The number of benzene rings is 2. The van der Waals surface area contributed by atoms with Crippen LogP contribution in [-0.2, 0) is 16.6 Å². The molecule has 1 amide bonds. The lowest BCUT2D eigenvalue weighted by Gasteiger charge is -2.35. The van der Waals surface area contributed by atoms with Crippen LogP contribution in [0.4, 0.5) is 5.69 Å². The van der Waals surface area contributed by atoms with E-state index in [0.717, 1.165) is 21.9 Å². The van der Waals surface area contributed by atoms with E-state index in [4.69, 9.17) is 11.6 Å². The van der Waals surface area contributed by atoms with E-state index in [1.807, 2.05) is 12.1 Å². The minimum atomic E-state index is -3.61. The molecule has 2 heterocycles. The Bertz CT molecular complexity index is 1280. The Morgan fingerprint density at radius 3 is 2.15 bits per heavy atom. The molecule has 10 heteroatoms. The molecule has 0 aliphatic carbocycles. The number of nitrogens with one attached hydrogen (secondary N) is 1. The zero-order valence-electron chi connectivity index (χ0n) is 18.5. The molecule has 2 aromatic carbocycles. The van der Waals surface area contributed by atoms with Crippen LogP contribution in [0.15, 0.2) is 64.9 Å². The van der Waals surface area contributed by atoms with Crippen molar-refractivity contribution in [3.63, 3.8) is 0 Å². The highest BCUT2D eigenvalue weighted by atomic mass is 35.5. The number of hydrogen-bond acceptors (Lipinski definition) is 6. The molecule has 0 spiro atoms. The van der Waals surface area contributed by atoms with Crippen molar-refractivity contribution in [1.29, 1.82) is 0 Å². The quantitative estimate of drug-likeness (QED) is 0.478. The maximum Gasteiger partial charge on any atom is 0.252 e. The van der Waals surface area contributed by atoms with E-state index in [1.54, 1.807) is 48.5 Å². The number of carbonyl (C=O) groups is 2. The summed E-state index contributed by atoms with van der Waals surface area (Å²) < 4.78 is 28.0. The summed E-state index contributed by atoms with van der Waals surface area (Å²) in [7, 11) is -3.61. The van der Waals surface area contributed by atoms with Crippen molar-refractivity contribution in [2.24, 2.45) is 0 Å². The van der Waals surface area contributed by atoms with Gasteiger partial charge in [0.15, 0.2) is 5.78 Å². The maximum absolute atomic E-state index is 13.1. The van der Waals surface area contributed by atoms with Gasteiger partial charge in [0.05, 0.1) is 6.54 Å². The van der Waals surface area contributed by atoms with Crippen LogP contribution in [0, 0.1) is 0 Å². The lowest BCUT2D eigenvalue weighted by molar-refractivity contribution is 0.0950. The van der Waals surface area contributed by atoms with E-state index < -0.39 is 10.0 Å². The number of halogens is 1. The smallest absolute Gasteiger partial charge is 0.252 e. The SMILES string of the molecule is CC(=O)c1ccc(N2CCN(S(=O)(=O)c3ccc(CNC(=O)c4ccc(Cl)cc4)s3)CC2)cc1. The zero-order chi connectivity index (χ0) is 24.3. The number of nitrogens with zero attached hydrogens (tertiary/aromatic N) is 2. The van der Waals surface area contributed by atoms with Gasteiger partial charge in [-0.3, -0.25) is 9.59 Å². The number of sulfonamides is 1. The van der Waals surface area contributed by atoms with E-state index in [1.165, 1.54) is 11.2 Å². The highest BCUT2D eigenvalue weighted by molar-refractivity contribution is 7.91. The first-order valence-electron chi connectivity index (χ1n) is 10.7. The third-order valence-electron chi connectivity index (χ3n) is 5.64. The fourth-order valence-corrected chi connectivity index (χ4v) is 6.68. The normalized spacial score (nSPS) is 14.7. The monoisotopic (exact) mass is 517 g/mol. The average Bonchev–Trinajstić information content (AvgIpc) is 3.33. The summed E-state index contributed by atoms with van der Waals surface area (Å²) in [5, 5.41) is 3.36. The van der Waals surface area contributed by atoms with Crippen molar-refractivity contribution in [3.8, 4) is 0 Å². The van der Waals surface area contributed by atoms with Crippen LogP contribution in [-0.4, -0.2) is 50.6 Å². The van der Waals surface area contributed by atoms with Crippen LogP contribution >= 0.6 is 22.9 Å². The fraction of sp³-hybridized carbons (Fsp3) is 0.250. The molecule has 0 unspecified atom stereocenters. The minimum Gasteiger partial charge on any atom is -0.369 e. The second-order valence-electron chi connectivity index (χ2n) is 7.90. The van der Waals surface area contributed by atoms with Crippen LogP contribution in [0.25, 0.3) is 0 Å². The molecule has 1 saturated heterocycles. The molecule has 1 N–H and O–H groups in total. The number of Topliss-reactive ketones (excluding diaryl/α,β-unsaturated/α-hetero) is 1. The van der Waals surface area contributed by atoms with Gasteiger partial charge in [-0.15, -0.1) is 11.3 Å². The van der Waals surface area contributed by atoms with E-state index >= 15 is 0 Å². The van der Waals surface area contributed by atoms with Crippen LogP contribution in [0.2, 0.25) is 5.02 Å². The molecule has 0 radical (unpaired) electrons. The largest absolute Gasteiger partial charge is 0.369 e. The van der Waals surface area contributed by atoms with Crippen molar-refractivity contribution in [3.05, 3.63) is 81.7 Å².